The van der Waals surface area contributed by atoms with Gasteiger partial charge in [-0.05, 0) is 24.3 Å². The molecule has 0 radical (unpaired) electrons. The van der Waals surface area contributed by atoms with Crippen LogP contribution >= 0.6 is 0 Å². The lowest BCUT2D eigenvalue weighted by atomic mass is 9.97. The third-order valence-electron chi connectivity index (χ3n) is 5.06. The molecular weight excluding hydrogens is 370 g/mol. The number of hydrogen-bond donors (Lipinski definition) is 0. The van der Waals surface area contributed by atoms with Gasteiger partial charge >= 0.3 is 0 Å². The van der Waals surface area contributed by atoms with Crippen molar-refractivity contribution in [3.05, 3.63) is 66.6 Å². The molecule has 0 spiro atoms. The summed E-state index contributed by atoms with van der Waals surface area (Å²) in [6.07, 6.45) is 0. The molecule has 1 amide bonds. The molecule has 150 valence electrons. The van der Waals surface area contributed by atoms with Crippen LogP contribution in [0.2, 0.25) is 0 Å². The van der Waals surface area contributed by atoms with Gasteiger partial charge in [0.15, 0.2) is 6.61 Å². The van der Waals surface area contributed by atoms with Gasteiger partial charge in [0.05, 0.1) is 12.5 Å². The van der Waals surface area contributed by atoms with Crippen molar-refractivity contribution in [2.75, 3.05) is 33.4 Å². The molecular formula is C22H23N3O4. The van der Waals surface area contributed by atoms with Crippen LogP contribution in [-0.4, -0.2) is 54.4 Å². The highest BCUT2D eigenvalue weighted by atomic mass is 16.5. The van der Waals surface area contributed by atoms with E-state index in [0.717, 1.165) is 5.56 Å². The zero-order chi connectivity index (χ0) is 20.1. The average Bonchev–Trinajstić information content (AvgIpc) is 3.41. The van der Waals surface area contributed by atoms with Crippen LogP contribution in [0.25, 0.3) is 11.5 Å². The third kappa shape index (κ3) is 4.46. The molecule has 4 rings (SSSR count). The Kier molecular flexibility index (Phi) is 5.86. The smallest absolute Gasteiger partial charge is 0.260 e. The van der Waals surface area contributed by atoms with E-state index in [2.05, 4.69) is 10.2 Å². The molecule has 0 N–H and O–H groups in total. The molecule has 1 aliphatic rings. The maximum Gasteiger partial charge on any atom is 0.260 e. The summed E-state index contributed by atoms with van der Waals surface area (Å²) in [5.74, 6) is 1.64. The molecule has 7 heteroatoms. The average molecular weight is 393 g/mol. The Balaban J connectivity index is 1.44. The van der Waals surface area contributed by atoms with E-state index >= 15 is 0 Å². The monoisotopic (exact) mass is 393 g/mol. The van der Waals surface area contributed by atoms with Gasteiger partial charge in [0.1, 0.15) is 5.75 Å². The van der Waals surface area contributed by atoms with Gasteiger partial charge in [-0.3, -0.25) is 4.79 Å². The largest absolute Gasteiger partial charge is 0.484 e. The lowest BCUT2D eigenvalue weighted by Gasteiger charge is -2.16. The van der Waals surface area contributed by atoms with Crippen LogP contribution in [0.4, 0.5) is 0 Å². The first-order valence-electron chi connectivity index (χ1n) is 9.58. The number of benzene rings is 2. The quantitative estimate of drug-likeness (QED) is 0.614. The first kappa shape index (κ1) is 19.1. The maximum absolute atomic E-state index is 12.7. The van der Waals surface area contributed by atoms with E-state index in [1.807, 2.05) is 60.7 Å². The van der Waals surface area contributed by atoms with Crippen molar-refractivity contribution in [2.24, 2.45) is 5.92 Å². The van der Waals surface area contributed by atoms with Gasteiger partial charge < -0.3 is 18.8 Å². The van der Waals surface area contributed by atoms with E-state index in [-0.39, 0.29) is 24.3 Å². The van der Waals surface area contributed by atoms with Gasteiger partial charge in [0, 0.05) is 31.7 Å². The summed E-state index contributed by atoms with van der Waals surface area (Å²) in [6.45, 7) is 1.58. The number of carbonyl (C=O) groups is 1. The fourth-order valence-electron chi connectivity index (χ4n) is 3.57. The number of para-hydroxylation sites is 1. The highest BCUT2D eigenvalue weighted by Gasteiger charge is 2.39. The first-order chi connectivity index (χ1) is 14.2. The van der Waals surface area contributed by atoms with Crippen molar-refractivity contribution in [3.8, 4) is 17.2 Å². The topological polar surface area (TPSA) is 77.7 Å². The number of likely N-dealkylation sites (tertiary alicyclic amines) is 1. The van der Waals surface area contributed by atoms with Crippen LogP contribution in [0, 0.1) is 5.92 Å². The second-order valence-electron chi connectivity index (χ2n) is 7.03. The van der Waals surface area contributed by atoms with Gasteiger partial charge in [-0.15, -0.1) is 10.2 Å². The van der Waals surface area contributed by atoms with Gasteiger partial charge in [0.25, 0.3) is 5.91 Å². The summed E-state index contributed by atoms with van der Waals surface area (Å²) >= 11 is 0. The number of carbonyl (C=O) groups excluding carboxylic acids is 1. The Hall–Kier alpha value is -3.19. The molecule has 0 saturated carbocycles. The van der Waals surface area contributed by atoms with Crippen molar-refractivity contribution in [1.29, 1.82) is 0 Å². The SMILES string of the molecule is COCC1CN(C(=O)COc2ccccc2)CC1c1nnc(-c2ccccc2)o1. The highest BCUT2D eigenvalue weighted by Crippen LogP contribution is 2.33. The van der Waals surface area contributed by atoms with Crippen LogP contribution in [0.15, 0.2) is 65.1 Å². The predicted octanol–water partition coefficient (Wildman–Crippen LogP) is 3.00. The summed E-state index contributed by atoms with van der Waals surface area (Å²) in [5.41, 5.74) is 0.872. The zero-order valence-corrected chi connectivity index (χ0v) is 16.2. The van der Waals surface area contributed by atoms with Gasteiger partial charge in [0.2, 0.25) is 11.8 Å². The molecule has 1 aromatic heterocycles. The summed E-state index contributed by atoms with van der Waals surface area (Å²) in [5, 5.41) is 8.44. The maximum atomic E-state index is 12.7. The fraction of sp³-hybridized carbons (Fsp3) is 0.318. The molecule has 29 heavy (non-hydrogen) atoms. The Morgan fingerprint density at radius 2 is 1.79 bits per heavy atom. The number of amides is 1. The van der Waals surface area contributed by atoms with Crippen LogP contribution in [0.5, 0.6) is 5.75 Å². The minimum absolute atomic E-state index is 0.00443. The number of methoxy groups -OCH3 is 1. The van der Waals surface area contributed by atoms with Crippen molar-refractivity contribution < 1.29 is 18.7 Å². The first-order valence-corrected chi connectivity index (χ1v) is 9.58. The Morgan fingerprint density at radius 1 is 1.07 bits per heavy atom. The van der Waals surface area contributed by atoms with Gasteiger partial charge in [-0.2, -0.15) is 0 Å². The Bertz CT molecular complexity index is 930. The van der Waals surface area contributed by atoms with Crippen molar-refractivity contribution in [2.45, 2.75) is 5.92 Å². The summed E-state index contributed by atoms with van der Waals surface area (Å²) in [6, 6.07) is 19.0. The lowest BCUT2D eigenvalue weighted by Crippen LogP contribution is -2.33. The van der Waals surface area contributed by atoms with Gasteiger partial charge in [-0.25, -0.2) is 0 Å². The highest BCUT2D eigenvalue weighted by molar-refractivity contribution is 5.78. The second kappa shape index (κ2) is 8.87. The summed E-state index contributed by atoms with van der Waals surface area (Å²) in [7, 11) is 1.66. The Labute approximate surface area is 169 Å². The molecule has 2 unspecified atom stereocenters. The van der Waals surface area contributed by atoms with E-state index in [0.29, 0.717) is 37.2 Å². The molecule has 1 saturated heterocycles. The van der Waals surface area contributed by atoms with Gasteiger partial charge in [-0.1, -0.05) is 36.4 Å². The van der Waals surface area contributed by atoms with E-state index in [9.17, 15) is 4.79 Å². The molecule has 2 atom stereocenters. The van der Waals surface area contributed by atoms with Crippen molar-refractivity contribution in [3.63, 3.8) is 0 Å². The van der Waals surface area contributed by atoms with E-state index in [1.54, 1.807) is 12.0 Å². The molecule has 3 aromatic rings. The molecule has 1 aliphatic heterocycles. The summed E-state index contributed by atoms with van der Waals surface area (Å²) in [4.78, 5) is 14.4. The fourth-order valence-corrected chi connectivity index (χ4v) is 3.57. The van der Waals surface area contributed by atoms with E-state index < -0.39 is 0 Å². The summed E-state index contributed by atoms with van der Waals surface area (Å²) < 4.78 is 16.9. The van der Waals surface area contributed by atoms with Crippen molar-refractivity contribution in [1.82, 2.24) is 15.1 Å². The second-order valence-corrected chi connectivity index (χ2v) is 7.03. The van der Waals surface area contributed by atoms with Crippen LogP contribution in [0.1, 0.15) is 11.8 Å². The number of ether oxygens (including phenoxy) is 2. The number of hydrogen-bond acceptors (Lipinski definition) is 6. The van der Waals surface area contributed by atoms with Crippen molar-refractivity contribution >= 4 is 5.91 Å². The Morgan fingerprint density at radius 3 is 2.52 bits per heavy atom. The van der Waals surface area contributed by atoms with Crippen LogP contribution < -0.4 is 4.74 Å². The standard InChI is InChI=1S/C22H23N3O4/c1-27-14-17-12-25(20(26)15-28-18-10-6-3-7-11-18)13-19(17)22-24-23-21(29-22)16-8-4-2-5-9-16/h2-11,17,19H,12-15H2,1H3. The minimum Gasteiger partial charge on any atom is -0.484 e. The zero-order valence-electron chi connectivity index (χ0n) is 16.2. The molecule has 0 aliphatic carbocycles. The number of nitrogens with zero attached hydrogens (tertiary/aromatic N) is 3. The molecule has 2 heterocycles. The normalized spacial score (nSPS) is 18.7. The third-order valence-corrected chi connectivity index (χ3v) is 5.06. The molecule has 1 fully saturated rings. The molecule has 7 nitrogen and oxygen atoms in total. The number of aromatic nitrogens is 2. The molecule has 0 bridgehead atoms. The van der Waals surface area contributed by atoms with E-state index in [4.69, 9.17) is 13.9 Å². The van der Waals surface area contributed by atoms with Crippen LogP contribution in [-0.2, 0) is 9.53 Å². The van der Waals surface area contributed by atoms with Crippen LogP contribution in [0.3, 0.4) is 0 Å². The predicted molar refractivity (Wildman–Crippen MR) is 106 cm³/mol. The number of rotatable bonds is 7. The molecule has 2 aromatic carbocycles. The minimum atomic E-state index is -0.0692. The van der Waals surface area contributed by atoms with E-state index in [1.165, 1.54) is 0 Å². The lowest BCUT2D eigenvalue weighted by molar-refractivity contribution is -0.132.